The molecule has 4 nitrogen and oxygen atoms in total. The van der Waals surface area contributed by atoms with Gasteiger partial charge >= 0.3 is 0 Å². The first-order chi connectivity index (χ1) is 6.20. The average molecular weight is 202 g/mol. The Balaban J connectivity index is 2.19. The first kappa shape index (κ1) is 10.4. The van der Waals surface area contributed by atoms with Crippen LogP contribution < -0.4 is 5.73 Å². The van der Waals surface area contributed by atoms with Crippen LogP contribution in [0.4, 0.5) is 0 Å². The first-order valence-corrected chi connectivity index (χ1v) is 4.75. The van der Waals surface area contributed by atoms with Crippen LogP contribution in [0.1, 0.15) is 12.8 Å². The molecule has 0 aromatic rings. The molecule has 0 aliphatic carbocycles. The van der Waals surface area contributed by atoms with Crippen LogP contribution in [0, 0.1) is 0 Å². The molecule has 0 aromatic heterocycles. The number of hydrogen-bond acceptors (Lipinski definition) is 3. The summed E-state index contributed by atoms with van der Waals surface area (Å²) in [5.41, 5.74) is 5.35. The fourth-order valence-corrected chi connectivity index (χ4v) is 1.38. The van der Waals surface area contributed by atoms with Crippen LogP contribution in [0.25, 0.3) is 0 Å². The van der Waals surface area contributed by atoms with E-state index in [4.69, 9.17) is 22.7 Å². The fourth-order valence-electron chi connectivity index (χ4n) is 1.23. The average Bonchev–Trinajstić information content (AvgIpc) is 2.08. The highest BCUT2D eigenvalue weighted by atomic mass is 32.1. The second-order valence-electron chi connectivity index (χ2n) is 3.00. The molecule has 0 saturated carbocycles. The number of thiocarbonyl (C=S) groups is 1. The van der Waals surface area contributed by atoms with Crippen molar-refractivity contribution in [2.24, 2.45) is 5.73 Å². The lowest BCUT2D eigenvalue weighted by molar-refractivity contribution is -0.142. The molecule has 0 unspecified atom stereocenters. The van der Waals surface area contributed by atoms with E-state index in [1.807, 2.05) is 0 Å². The molecule has 1 saturated heterocycles. The zero-order valence-electron chi connectivity index (χ0n) is 7.49. The van der Waals surface area contributed by atoms with Crippen molar-refractivity contribution in [3.8, 4) is 0 Å². The van der Waals surface area contributed by atoms with Gasteiger partial charge in [-0.15, -0.1) is 0 Å². The van der Waals surface area contributed by atoms with Gasteiger partial charge in [0.1, 0.15) is 6.61 Å². The number of nitrogens with two attached hydrogens (primary N) is 1. The number of carbonyl (C=O) groups excluding carboxylic acids is 1. The predicted octanol–water partition coefficient (Wildman–Crippen LogP) is -0.0885. The minimum absolute atomic E-state index is 0.0641. The largest absolute Gasteiger partial charge is 0.393 e. The summed E-state index contributed by atoms with van der Waals surface area (Å²) in [6.07, 6.45) is 1.56. The molecule has 0 atom stereocenters. The van der Waals surface area contributed by atoms with Crippen LogP contribution >= 0.6 is 12.2 Å². The summed E-state index contributed by atoms with van der Waals surface area (Å²) >= 11 is 4.74. The van der Waals surface area contributed by atoms with Gasteiger partial charge in [-0.3, -0.25) is 4.79 Å². The Morgan fingerprint density at radius 2 is 2.46 bits per heavy atom. The van der Waals surface area contributed by atoms with Gasteiger partial charge in [-0.2, -0.15) is 0 Å². The molecule has 1 amide bonds. The Kier molecular flexibility index (Phi) is 4.11. The smallest absolute Gasteiger partial charge is 0.248 e. The molecule has 1 aliphatic heterocycles. The molecular weight excluding hydrogens is 188 g/mol. The van der Waals surface area contributed by atoms with E-state index >= 15 is 0 Å². The number of rotatable bonds is 4. The Morgan fingerprint density at radius 3 is 3.08 bits per heavy atom. The molecule has 74 valence electrons. The molecule has 1 aliphatic rings. The Bertz CT molecular complexity index is 208. The molecule has 1 rings (SSSR count). The SMILES string of the molecule is NC(=S)CCCN1CCOCC1=O. The van der Waals surface area contributed by atoms with E-state index in [1.165, 1.54) is 0 Å². The third-order valence-electron chi connectivity index (χ3n) is 1.93. The zero-order chi connectivity index (χ0) is 9.68. The van der Waals surface area contributed by atoms with Gasteiger partial charge in [0.2, 0.25) is 5.91 Å². The quantitative estimate of drug-likeness (QED) is 0.647. The third-order valence-corrected chi connectivity index (χ3v) is 2.14. The van der Waals surface area contributed by atoms with E-state index in [0.29, 0.717) is 24.6 Å². The topological polar surface area (TPSA) is 55.6 Å². The maximum Gasteiger partial charge on any atom is 0.248 e. The summed E-state index contributed by atoms with van der Waals surface area (Å²) < 4.78 is 5.00. The van der Waals surface area contributed by atoms with Gasteiger partial charge in [-0.1, -0.05) is 12.2 Å². The monoisotopic (exact) mass is 202 g/mol. The highest BCUT2D eigenvalue weighted by molar-refractivity contribution is 7.80. The number of amides is 1. The van der Waals surface area contributed by atoms with Crippen molar-refractivity contribution in [3.05, 3.63) is 0 Å². The van der Waals surface area contributed by atoms with Gasteiger partial charge < -0.3 is 15.4 Å². The summed E-state index contributed by atoms with van der Waals surface area (Å²) in [7, 11) is 0. The molecular formula is C8H14N2O2S. The van der Waals surface area contributed by atoms with Crippen molar-refractivity contribution in [3.63, 3.8) is 0 Å². The van der Waals surface area contributed by atoms with Gasteiger partial charge in [0.15, 0.2) is 0 Å². The molecule has 0 radical (unpaired) electrons. The lowest BCUT2D eigenvalue weighted by atomic mass is 10.3. The zero-order valence-corrected chi connectivity index (χ0v) is 8.31. The summed E-state index contributed by atoms with van der Waals surface area (Å²) in [5.74, 6) is 0.0641. The van der Waals surface area contributed by atoms with E-state index < -0.39 is 0 Å². The summed E-state index contributed by atoms with van der Waals surface area (Å²) in [6, 6.07) is 0. The second-order valence-corrected chi connectivity index (χ2v) is 3.53. The molecule has 1 fully saturated rings. The summed E-state index contributed by atoms with van der Waals surface area (Å²) in [5, 5.41) is 0. The van der Waals surface area contributed by atoms with Gasteiger partial charge in [0.25, 0.3) is 0 Å². The van der Waals surface area contributed by atoms with Crippen molar-refractivity contribution in [1.29, 1.82) is 0 Å². The highest BCUT2D eigenvalue weighted by Gasteiger charge is 2.17. The van der Waals surface area contributed by atoms with Crippen LogP contribution in [0.15, 0.2) is 0 Å². The van der Waals surface area contributed by atoms with E-state index in [9.17, 15) is 4.79 Å². The van der Waals surface area contributed by atoms with E-state index in [1.54, 1.807) is 4.90 Å². The minimum atomic E-state index is 0.0641. The van der Waals surface area contributed by atoms with Crippen molar-refractivity contribution in [2.45, 2.75) is 12.8 Å². The van der Waals surface area contributed by atoms with E-state index in [2.05, 4.69) is 0 Å². The molecule has 2 N–H and O–H groups in total. The van der Waals surface area contributed by atoms with Gasteiger partial charge in [-0.05, 0) is 12.8 Å². The van der Waals surface area contributed by atoms with Gasteiger partial charge in [0.05, 0.1) is 11.6 Å². The van der Waals surface area contributed by atoms with Gasteiger partial charge in [-0.25, -0.2) is 0 Å². The standard InChI is InChI=1S/C8H14N2O2S/c9-7(13)2-1-3-10-4-5-12-6-8(10)11/h1-6H2,(H2,9,13). The lowest BCUT2D eigenvalue weighted by Crippen LogP contribution is -2.42. The number of ether oxygens (including phenoxy) is 1. The predicted molar refractivity (Wildman–Crippen MR) is 53.4 cm³/mol. The lowest BCUT2D eigenvalue weighted by Gasteiger charge is -2.26. The van der Waals surface area contributed by atoms with Gasteiger partial charge in [0, 0.05) is 13.1 Å². The van der Waals surface area contributed by atoms with Crippen LogP contribution in [0.5, 0.6) is 0 Å². The molecule has 5 heteroatoms. The molecule has 13 heavy (non-hydrogen) atoms. The first-order valence-electron chi connectivity index (χ1n) is 4.34. The molecule has 0 bridgehead atoms. The van der Waals surface area contributed by atoms with Crippen LogP contribution in [0.3, 0.4) is 0 Å². The molecule has 0 aromatic carbocycles. The van der Waals surface area contributed by atoms with Crippen LogP contribution in [-0.4, -0.2) is 42.1 Å². The molecule has 0 spiro atoms. The summed E-state index contributed by atoms with van der Waals surface area (Å²) in [4.78, 5) is 13.5. The van der Waals surface area contributed by atoms with Crippen molar-refractivity contribution in [2.75, 3.05) is 26.3 Å². The minimum Gasteiger partial charge on any atom is -0.393 e. The van der Waals surface area contributed by atoms with Crippen molar-refractivity contribution in [1.82, 2.24) is 4.90 Å². The molecule has 1 heterocycles. The van der Waals surface area contributed by atoms with Crippen molar-refractivity contribution < 1.29 is 9.53 Å². The van der Waals surface area contributed by atoms with E-state index in [0.717, 1.165) is 13.0 Å². The Hall–Kier alpha value is -0.680. The normalized spacial score (nSPS) is 17.5. The maximum atomic E-state index is 11.2. The summed E-state index contributed by atoms with van der Waals surface area (Å²) in [6.45, 7) is 2.28. The number of morpholine rings is 1. The fraction of sp³-hybridized carbons (Fsp3) is 0.750. The van der Waals surface area contributed by atoms with Crippen LogP contribution in [-0.2, 0) is 9.53 Å². The Morgan fingerprint density at radius 1 is 1.69 bits per heavy atom. The number of carbonyl (C=O) groups is 1. The number of hydrogen-bond donors (Lipinski definition) is 1. The highest BCUT2D eigenvalue weighted by Crippen LogP contribution is 2.01. The third kappa shape index (κ3) is 3.69. The van der Waals surface area contributed by atoms with E-state index in [-0.39, 0.29) is 12.5 Å². The Labute approximate surface area is 83.0 Å². The van der Waals surface area contributed by atoms with Crippen molar-refractivity contribution >= 4 is 23.1 Å². The second kappa shape index (κ2) is 5.14. The number of nitrogens with zero attached hydrogens (tertiary/aromatic N) is 1. The maximum absolute atomic E-state index is 11.2. The van der Waals surface area contributed by atoms with Crippen LogP contribution in [0.2, 0.25) is 0 Å².